The van der Waals surface area contributed by atoms with Gasteiger partial charge in [-0.25, -0.2) is 0 Å². The molecule has 2 aromatic rings. The second kappa shape index (κ2) is 3.81. The molecule has 1 heterocycles. The Morgan fingerprint density at radius 2 is 2.00 bits per heavy atom. The van der Waals surface area contributed by atoms with Gasteiger partial charge in [-0.1, -0.05) is 6.07 Å². The lowest BCUT2D eigenvalue weighted by molar-refractivity contribution is -0.114. The average Bonchev–Trinajstić information content (AvgIpc) is 2.22. The minimum atomic E-state index is -0.143. The monoisotopic (exact) mass is 216 g/mol. The highest BCUT2D eigenvalue weighted by molar-refractivity contribution is 6.01. The van der Waals surface area contributed by atoms with Crippen molar-refractivity contribution in [3.63, 3.8) is 0 Å². The zero-order chi connectivity index (χ0) is 11.7. The molecular formula is C12H12N2O2. The van der Waals surface area contributed by atoms with E-state index in [4.69, 9.17) is 0 Å². The molecule has 2 rings (SSSR count). The van der Waals surface area contributed by atoms with Gasteiger partial charge in [0, 0.05) is 18.4 Å². The fourth-order valence-electron chi connectivity index (χ4n) is 1.69. The third-order valence-electron chi connectivity index (χ3n) is 2.41. The highest BCUT2D eigenvalue weighted by Crippen LogP contribution is 2.23. The molecule has 1 amide bonds. The Bertz CT molecular complexity index is 614. The number of anilines is 1. The number of H-pyrrole nitrogens is 1. The van der Waals surface area contributed by atoms with Crippen LogP contribution in [0.4, 0.5) is 5.69 Å². The van der Waals surface area contributed by atoms with E-state index >= 15 is 0 Å². The van der Waals surface area contributed by atoms with Crippen LogP contribution in [0.25, 0.3) is 10.9 Å². The first kappa shape index (κ1) is 10.4. The second-order valence-corrected chi connectivity index (χ2v) is 3.72. The van der Waals surface area contributed by atoms with Crippen LogP contribution >= 0.6 is 0 Å². The summed E-state index contributed by atoms with van der Waals surface area (Å²) in [7, 11) is 0. The summed E-state index contributed by atoms with van der Waals surface area (Å²) in [5.74, 6) is -0.128. The van der Waals surface area contributed by atoms with Crippen LogP contribution in [0.2, 0.25) is 0 Å². The van der Waals surface area contributed by atoms with Gasteiger partial charge in [0.05, 0.1) is 11.2 Å². The van der Waals surface area contributed by atoms with Crippen molar-refractivity contribution in [1.82, 2.24) is 4.98 Å². The highest BCUT2D eigenvalue weighted by atomic mass is 16.1. The van der Waals surface area contributed by atoms with Crippen molar-refractivity contribution in [3.05, 3.63) is 40.2 Å². The number of hydrogen-bond acceptors (Lipinski definition) is 2. The van der Waals surface area contributed by atoms with Crippen LogP contribution in [0.3, 0.4) is 0 Å². The van der Waals surface area contributed by atoms with Gasteiger partial charge in [0.15, 0.2) is 0 Å². The molecule has 82 valence electrons. The summed E-state index contributed by atoms with van der Waals surface area (Å²) in [6.45, 7) is 3.37. The molecule has 0 bridgehead atoms. The van der Waals surface area contributed by atoms with Crippen LogP contribution in [0.5, 0.6) is 0 Å². The Kier molecular flexibility index (Phi) is 2.48. The zero-order valence-electron chi connectivity index (χ0n) is 9.13. The predicted octanol–water partition coefficient (Wildman–Crippen LogP) is 1.79. The van der Waals surface area contributed by atoms with Gasteiger partial charge in [-0.2, -0.15) is 0 Å². The minimum absolute atomic E-state index is 0.128. The molecule has 1 aromatic heterocycles. The van der Waals surface area contributed by atoms with Crippen LogP contribution < -0.4 is 10.9 Å². The summed E-state index contributed by atoms with van der Waals surface area (Å²) in [4.78, 5) is 25.0. The van der Waals surface area contributed by atoms with E-state index < -0.39 is 0 Å². The first-order chi connectivity index (χ1) is 7.58. The van der Waals surface area contributed by atoms with Crippen LogP contribution in [0, 0.1) is 6.92 Å². The molecule has 0 saturated heterocycles. The molecule has 0 spiro atoms. The number of rotatable bonds is 1. The van der Waals surface area contributed by atoms with Crippen molar-refractivity contribution < 1.29 is 4.79 Å². The molecule has 0 atom stereocenters. The van der Waals surface area contributed by atoms with E-state index in [0.717, 1.165) is 16.5 Å². The van der Waals surface area contributed by atoms with Gasteiger partial charge < -0.3 is 10.3 Å². The topological polar surface area (TPSA) is 62.0 Å². The van der Waals surface area contributed by atoms with Crippen LogP contribution in [-0.4, -0.2) is 10.9 Å². The summed E-state index contributed by atoms with van der Waals surface area (Å²) in [6, 6.07) is 6.86. The Morgan fingerprint density at radius 1 is 1.25 bits per heavy atom. The summed E-state index contributed by atoms with van der Waals surface area (Å²) < 4.78 is 0. The van der Waals surface area contributed by atoms with E-state index in [0.29, 0.717) is 5.69 Å². The van der Waals surface area contributed by atoms with E-state index in [1.807, 2.05) is 19.1 Å². The molecule has 4 heteroatoms. The van der Waals surface area contributed by atoms with Gasteiger partial charge in [0.25, 0.3) is 0 Å². The van der Waals surface area contributed by atoms with Crippen LogP contribution in [0.15, 0.2) is 29.1 Å². The lowest BCUT2D eigenvalue weighted by atomic mass is 10.1. The SMILES string of the molecule is CC(=O)Nc1ccc(C)c2[nH]c(=O)ccc12. The highest BCUT2D eigenvalue weighted by Gasteiger charge is 2.05. The molecule has 0 fully saturated rings. The Morgan fingerprint density at radius 3 is 2.69 bits per heavy atom. The lowest BCUT2D eigenvalue weighted by Gasteiger charge is -2.08. The average molecular weight is 216 g/mol. The van der Waals surface area contributed by atoms with Gasteiger partial charge >= 0.3 is 0 Å². The summed E-state index contributed by atoms with van der Waals surface area (Å²) >= 11 is 0. The molecule has 0 unspecified atom stereocenters. The van der Waals surface area contributed by atoms with Crippen molar-refractivity contribution >= 4 is 22.5 Å². The number of aromatic nitrogens is 1. The van der Waals surface area contributed by atoms with E-state index in [-0.39, 0.29) is 11.5 Å². The Balaban J connectivity index is 2.73. The van der Waals surface area contributed by atoms with Crippen molar-refractivity contribution in [2.45, 2.75) is 13.8 Å². The maximum atomic E-state index is 11.2. The summed E-state index contributed by atoms with van der Waals surface area (Å²) in [6.07, 6.45) is 0. The Labute approximate surface area is 92.3 Å². The third-order valence-corrected chi connectivity index (χ3v) is 2.41. The first-order valence-corrected chi connectivity index (χ1v) is 4.98. The fraction of sp³-hybridized carbons (Fsp3) is 0.167. The zero-order valence-corrected chi connectivity index (χ0v) is 9.13. The number of amides is 1. The molecule has 0 aliphatic heterocycles. The fourth-order valence-corrected chi connectivity index (χ4v) is 1.69. The standard InChI is InChI=1S/C12H12N2O2/c1-7-3-5-10(13-8(2)15)9-4-6-11(16)14-12(7)9/h3-6H,1-2H3,(H,13,15)(H,14,16). The molecule has 0 saturated carbocycles. The molecule has 1 aromatic carbocycles. The number of carbonyl (C=O) groups excluding carboxylic acids is 1. The van der Waals surface area contributed by atoms with Crippen molar-refractivity contribution in [3.8, 4) is 0 Å². The minimum Gasteiger partial charge on any atom is -0.326 e. The summed E-state index contributed by atoms with van der Waals surface area (Å²) in [5, 5.41) is 3.58. The Hall–Kier alpha value is -2.10. The van der Waals surface area contributed by atoms with Gasteiger partial charge in [-0.3, -0.25) is 9.59 Å². The normalized spacial score (nSPS) is 10.4. The van der Waals surface area contributed by atoms with Crippen molar-refractivity contribution in [2.24, 2.45) is 0 Å². The molecule has 2 N–H and O–H groups in total. The molecule has 0 radical (unpaired) electrons. The van der Waals surface area contributed by atoms with Gasteiger partial charge in [-0.05, 0) is 24.6 Å². The number of aryl methyl sites for hydroxylation is 1. The number of aromatic amines is 1. The maximum Gasteiger partial charge on any atom is 0.248 e. The molecule has 0 aliphatic rings. The number of carbonyl (C=O) groups is 1. The van der Waals surface area contributed by atoms with Gasteiger partial charge in [0.1, 0.15) is 0 Å². The van der Waals surface area contributed by atoms with E-state index in [9.17, 15) is 9.59 Å². The maximum absolute atomic E-state index is 11.2. The predicted molar refractivity (Wildman–Crippen MR) is 63.6 cm³/mol. The number of pyridine rings is 1. The van der Waals surface area contributed by atoms with Crippen LogP contribution in [0.1, 0.15) is 12.5 Å². The van der Waals surface area contributed by atoms with Crippen molar-refractivity contribution in [1.29, 1.82) is 0 Å². The first-order valence-electron chi connectivity index (χ1n) is 4.98. The van der Waals surface area contributed by atoms with Crippen molar-refractivity contribution in [2.75, 3.05) is 5.32 Å². The largest absolute Gasteiger partial charge is 0.326 e. The van der Waals surface area contributed by atoms with E-state index in [2.05, 4.69) is 10.3 Å². The quantitative estimate of drug-likeness (QED) is 0.763. The number of nitrogens with one attached hydrogen (secondary N) is 2. The number of fused-ring (bicyclic) bond motifs is 1. The number of hydrogen-bond donors (Lipinski definition) is 2. The number of benzene rings is 1. The molecular weight excluding hydrogens is 204 g/mol. The van der Waals surface area contributed by atoms with E-state index in [1.54, 1.807) is 6.07 Å². The molecule has 16 heavy (non-hydrogen) atoms. The molecule has 4 nitrogen and oxygen atoms in total. The summed E-state index contributed by atoms with van der Waals surface area (Å²) in [5.41, 5.74) is 2.31. The van der Waals surface area contributed by atoms with E-state index in [1.165, 1.54) is 13.0 Å². The van der Waals surface area contributed by atoms with Crippen LogP contribution in [-0.2, 0) is 4.79 Å². The third kappa shape index (κ3) is 1.82. The lowest BCUT2D eigenvalue weighted by Crippen LogP contribution is -2.09. The van der Waals surface area contributed by atoms with Gasteiger partial charge in [0.2, 0.25) is 11.5 Å². The molecule has 0 aliphatic carbocycles. The smallest absolute Gasteiger partial charge is 0.248 e. The van der Waals surface area contributed by atoms with Gasteiger partial charge in [-0.15, -0.1) is 0 Å². The second-order valence-electron chi connectivity index (χ2n) is 3.72.